The summed E-state index contributed by atoms with van der Waals surface area (Å²) >= 11 is 0. The maximum atomic E-state index is 6.04. The Labute approximate surface area is 169 Å². The van der Waals surface area contributed by atoms with E-state index in [2.05, 4.69) is 59.8 Å². The van der Waals surface area contributed by atoms with E-state index >= 15 is 0 Å². The third-order valence-electron chi connectivity index (χ3n) is 6.85. The van der Waals surface area contributed by atoms with Gasteiger partial charge < -0.3 is 20.3 Å². The lowest BCUT2D eigenvalue weighted by Crippen LogP contribution is -2.56. The highest BCUT2D eigenvalue weighted by Gasteiger charge is 2.36. The number of ether oxygens (including phenoxy) is 1. The molecule has 4 unspecified atom stereocenters. The van der Waals surface area contributed by atoms with Gasteiger partial charge in [0.25, 0.3) is 0 Å². The summed E-state index contributed by atoms with van der Waals surface area (Å²) in [6.45, 7) is 4.69. The molecular weight excluding hydrogens is 348 g/mol. The van der Waals surface area contributed by atoms with Crippen molar-refractivity contribution >= 4 is 5.96 Å². The molecule has 0 saturated carbocycles. The Morgan fingerprint density at radius 3 is 2.61 bits per heavy atom. The van der Waals surface area contributed by atoms with Crippen LogP contribution in [0, 0.1) is 5.92 Å². The van der Waals surface area contributed by atoms with Crippen molar-refractivity contribution < 1.29 is 4.74 Å². The van der Waals surface area contributed by atoms with Crippen LogP contribution in [0.25, 0.3) is 0 Å². The number of benzene rings is 1. The minimum absolute atomic E-state index is 0.176. The zero-order valence-electron chi connectivity index (χ0n) is 17.4. The molecule has 4 atom stereocenters. The maximum absolute atomic E-state index is 6.04. The topological polar surface area (TPSA) is 48.9 Å². The van der Waals surface area contributed by atoms with Crippen molar-refractivity contribution in [1.82, 2.24) is 15.5 Å². The number of hydrogen-bond acceptors (Lipinski definition) is 3. The molecule has 3 heterocycles. The van der Waals surface area contributed by atoms with Crippen LogP contribution in [0.1, 0.15) is 57.1 Å². The Bertz CT molecular complexity index is 635. The normalized spacial score (nSPS) is 33.6. The van der Waals surface area contributed by atoms with E-state index in [0.717, 1.165) is 44.2 Å². The van der Waals surface area contributed by atoms with Crippen molar-refractivity contribution in [3.05, 3.63) is 35.9 Å². The van der Waals surface area contributed by atoms with E-state index in [0.29, 0.717) is 12.0 Å². The van der Waals surface area contributed by atoms with Crippen LogP contribution in [0.5, 0.6) is 0 Å². The van der Waals surface area contributed by atoms with Crippen LogP contribution in [0.2, 0.25) is 0 Å². The number of fused-ring (bicyclic) bond motifs is 2. The van der Waals surface area contributed by atoms with Gasteiger partial charge in [-0.25, -0.2) is 0 Å². The third-order valence-corrected chi connectivity index (χ3v) is 6.85. The molecule has 5 nitrogen and oxygen atoms in total. The Kier molecular flexibility index (Phi) is 6.53. The average molecular weight is 385 g/mol. The number of nitrogens with zero attached hydrogens (tertiary/aromatic N) is 2. The lowest BCUT2D eigenvalue weighted by atomic mass is 9.82. The van der Waals surface area contributed by atoms with Gasteiger partial charge in [0, 0.05) is 43.7 Å². The van der Waals surface area contributed by atoms with E-state index in [-0.39, 0.29) is 6.10 Å². The SMILES string of the molecule is CCNC(=NCC1CCOC1c1ccccc1)NC1CC2CCCC(C1)N2C. The van der Waals surface area contributed by atoms with E-state index < -0.39 is 0 Å². The Hall–Kier alpha value is -1.59. The average Bonchev–Trinajstić information content (AvgIpc) is 3.16. The number of rotatable bonds is 5. The van der Waals surface area contributed by atoms with Crippen LogP contribution in [0.3, 0.4) is 0 Å². The molecule has 1 aromatic rings. The first-order chi connectivity index (χ1) is 13.7. The molecule has 3 aliphatic heterocycles. The quantitative estimate of drug-likeness (QED) is 0.604. The zero-order valence-corrected chi connectivity index (χ0v) is 17.4. The molecule has 1 aromatic carbocycles. The van der Waals surface area contributed by atoms with Gasteiger partial charge in [0.1, 0.15) is 0 Å². The monoisotopic (exact) mass is 384 g/mol. The summed E-state index contributed by atoms with van der Waals surface area (Å²) in [4.78, 5) is 7.60. The Morgan fingerprint density at radius 1 is 1.14 bits per heavy atom. The summed E-state index contributed by atoms with van der Waals surface area (Å²) in [6.07, 6.45) is 7.81. The highest BCUT2D eigenvalue weighted by atomic mass is 16.5. The van der Waals surface area contributed by atoms with Gasteiger partial charge in [-0.3, -0.25) is 4.99 Å². The van der Waals surface area contributed by atoms with Crippen molar-refractivity contribution in [3.8, 4) is 0 Å². The van der Waals surface area contributed by atoms with Crippen molar-refractivity contribution in [2.75, 3.05) is 26.7 Å². The van der Waals surface area contributed by atoms with Crippen LogP contribution in [-0.4, -0.2) is 55.7 Å². The summed E-state index contributed by atoms with van der Waals surface area (Å²) in [5, 5.41) is 7.23. The number of aliphatic imine (C=N–C) groups is 1. The van der Waals surface area contributed by atoms with Gasteiger partial charge in [-0.1, -0.05) is 36.8 Å². The molecule has 3 saturated heterocycles. The second-order valence-corrected chi connectivity index (χ2v) is 8.69. The zero-order chi connectivity index (χ0) is 19.3. The van der Waals surface area contributed by atoms with E-state index in [4.69, 9.17) is 9.73 Å². The molecule has 5 heteroatoms. The second-order valence-electron chi connectivity index (χ2n) is 8.69. The van der Waals surface area contributed by atoms with E-state index in [1.807, 2.05) is 0 Å². The molecule has 0 aromatic heterocycles. The molecule has 2 bridgehead atoms. The predicted octanol–water partition coefficient (Wildman–Crippen LogP) is 3.33. The number of nitrogens with one attached hydrogen (secondary N) is 2. The molecule has 0 amide bonds. The standard InChI is InChI=1S/C23H36N4O/c1-3-24-23(26-19-14-20-10-7-11-21(15-19)27(20)2)25-16-18-12-13-28-22(18)17-8-5-4-6-9-17/h4-6,8-9,18-22H,3,7,10-16H2,1-2H3,(H2,24,25,26). The van der Waals surface area contributed by atoms with Gasteiger partial charge in [0.05, 0.1) is 6.10 Å². The molecule has 0 radical (unpaired) electrons. The molecule has 3 aliphatic rings. The van der Waals surface area contributed by atoms with E-state index in [9.17, 15) is 0 Å². The Morgan fingerprint density at radius 2 is 1.89 bits per heavy atom. The number of piperidine rings is 2. The summed E-state index contributed by atoms with van der Waals surface area (Å²) in [7, 11) is 2.31. The molecule has 0 aliphatic carbocycles. The Balaban J connectivity index is 1.38. The largest absolute Gasteiger partial charge is 0.373 e. The molecule has 4 rings (SSSR count). The van der Waals surface area contributed by atoms with Crippen molar-refractivity contribution in [2.45, 2.75) is 69.7 Å². The summed E-state index contributed by atoms with van der Waals surface area (Å²) in [5.74, 6) is 1.43. The van der Waals surface area contributed by atoms with Crippen molar-refractivity contribution in [3.63, 3.8) is 0 Å². The fraction of sp³-hybridized carbons (Fsp3) is 0.696. The number of guanidine groups is 1. The lowest BCUT2D eigenvalue weighted by Gasteiger charge is -2.47. The maximum Gasteiger partial charge on any atom is 0.191 e. The third kappa shape index (κ3) is 4.52. The molecular formula is C23H36N4O. The summed E-state index contributed by atoms with van der Waals surface area (Å²) in [5.41, 5.74) is 1.28. The summed E-state index contributed by atoms with van der Waals surface area (Å²) in [6, 6.07) is 12.6. The number of hydrogen-bond donors (Lipinski definition) is 2. The van der Waals surface area contributed by atoms with E-state index in [1.165, 1.54) is 37.7 Å². The van der Waals surface area contributed by atoms with Crippen LogP contribution in [-0.2, 0) is 4.74 Å². The highest BCUT2D eigenvalue weighted by Crippen LogP contribution is 2.35. The van der Waals surface area contributed by atoms with Gasteiger partial charge in [0.15, 0.2) is 5.96 Å². The van der Waals surface area contributed by atoms with Crippen LogP contribution in [0.15, 0.2) is 35.3 Å². The van der Waals surface area contributed by atoms with Crippen molar-refractivity contribution in [1.29, 1.82) is 0 Å². The first-order valence-corrected chi connectivity index (χ1v) is 11.2. The van der Waals surface area contributed by atoms with Gasteiger partial charge >= 0.3 is 0 Å². The minimum Gasteiger partial charge on any atom is -0.373 e. The second kappa shape index (κ2) is 9.27. The van der Waals surface area contributed by atoms with Gasteiger partial charge in [-0.15, -0.1) is 0 Å². The smallest absolute Gasteiger partial charge is 0.191 e. The van der Waals surface area contributed by atoms with Crippen LogP contribution in [0.4, 0.5) is 0 Å². The lowest BCUT2D eigenvalue weighted by molar-refractivity contribution is 0.0526. The first-order valence-electron chi connectivity index (χ1n) is 11.2. The molecule has 3 fully saturated rings. The molecule has 0 spiro atoms. The van der Waals surface area contributed by atoms with Crippen LogP contribution < -0.4 is 10.6 Å². The fourth-order valence-electron chi connectivity index (χ4n) is 5.29. The van der Waals surface area contributed by atoms with Gasteiger partial charge in [-0.05, 0) is 51.6 Å². The highest BCUT2D eigenvalue weighted by molar-refractivity contribution is 5.80. The first kappa shape index (κ1) is 19.7. The fourth-order valence-corrected chi connectivity index (χ4v) is 5.29. The molecule has 28 heavy (non-hydrogen) atoms. The molecule has 154 valence electrons. The van der Waals surface area contributed by atoms with Crippen molar-refractivity contribution in [2.24, 2.45) is 10.9 Å². The summed E-state index contributed by atoms with van der Waals surface area (Å²) < 4.78 is 6.04. The minimum atomic E-state index is 0.176. The molecule has 2 N–H and O–H groups in total. The van der Waals surface area contributed by atoms with Gasteiger partial charge in [-0.2, -0.15) is 0 Å². The van der Waals surface area contributed by atoms with Crippen LogP contribution >= 0.6 is 0 Å². The van der Waals surface area contributed by atoms with E-state index in [1.54, 1.807) is 0 Å². The van der Waals surface area contributed by atoms with Gasteiger partial charge in [0.2, 0.25) is 0 Å². The predicted molar refractivity (Wildman–Crippen MR) is 115 cm³/mol.